The topological polar surface area (TPSA) is 52.6 Å². The second-order valence-electron chi connectivity index (χ2n) is 3.93. The molecule has 1 unspecified atom stereocenters. The second-order valence-corrected chi connectivity index (χ2v) is 6.53. The maximum absolute atomic E-state index is 12.0. The molecule has 0 radical (unpaired) electrons. The molecule has 4 nitrogen and oxygen atoms in total. The molecule has 100 valence electrons. The first-order chi connectivity index (χ1) is 8.42. The Hall–Kier alpha value is -0.670. The molecule has 0 amide bonds. The van der Waals surface area contributed by atoms with Crippen molar-refractivity contribution in [3.8, 4) is 0 Å². The third-order valence-corrected chi connectivity index (χ3v) is 4.82. The molecule has 0 saturated heterocycles. The van der Waals surface area contributed by atoms with Crippen LogP contribution in [0.4, 0.5) is 0 Å². The summed E-state index contributed by atoms with van der Waals surface area (Å²) >= 11 is 5.78. The number of hydrogen-bond acceptors (Lipinski definition) is 4. The third-order valence-electron chi connectivity index (χ3n) is 2.63. The molecule has 0 aliphatic rings. The Balaban J connectivity index is 2.77. The Morgan fingerprint density at radius 2 is 1.78 bits per heavy atom. The molecule has 1 aromatic carbocycles. The highest BCUT2D eigenvalue weighted by molar-refractivity contribution is 7.71. The Bertz CT molecular complexity index is 450. The summed E-state index contributed by atoms with van der Waals surface area (Å²) in [6, 6.07) is 7.16. The molecule has 0 aromatic heterocycles. The molecular weight excluding hydrogens is 275 g/mol. The lowest BCUT2D eigenvalue weighted by atomic mass is 10.0. The fourth-order valence-electron chi connectivity index (χ4n) is 1.59. The summed E-state index contributed by atoms with van der Waals surface area (Å²) in [7, 11) is -1.23. The van der Waals surface area contributed by atoms with Gasteiger partial charge in [0, 0.05) is 25.2 Å². The molecular formula is C12H16ClO4P. The van der Waals surface area contributed by atoms with Gasteiger partial charge in [-0.1, -0.05) is 30.7 Å². The molecule has 0 saturated carbocycles. The highest BCUT2D eigenvalue weighted by Crippen LogP contribution is 2.49. The van der Waals surface area contributed by atoms with Crippen LogP contribution in [0.5, 0.6) is 0 Å². The minimum atomic E-state index is -3.64. The average molecular weight is 291 g/mol. The van der Waals surface area contributed by atoms with Crippen molar-refractivity contribution in [2.24, 2.45) is 5.92 Å². The maximum Gasteiger partial charge on any atom is 0.396 e. The second kappa shape index (κ2) is 6.48. The standard InChI is InChI=1S/C12H16ClO4P/c1-9(12(14)18(15,16-2)17-3)8-10-4-6-11(13)7-5-10/h4-7,9H,8H2,1-3H3. The predicted molar refractivity (Wildman–Crippen MR) is 71.0 cm³/mol. The SMILES string of the molecule is COP(=O)(OC)C(=O)C(C)Cc1ccc(Cl)cc1. The van der Waals surface area contributed by atoms with Gasteiger partial charge in [-0.25, -0.2) is 0 Å². The number of hydrogen-bond donors (Lipinski definition) is 0. The lowest BCUT2D eigenvalue weighted by Crippen LogP contribution is -2.15. The van der Waals surface area contributed by atoms with Crippen molar-refractivity contribution in [3.05, 3.63) is 34.9 Å². The van der Waals surface area contributed by atoms with E-state index in [1.54, 1.807) is 19.1 Å². The van der Waals surface area contributed by atoms with Crippen molar-refractivity contribution in [1.82, 2.24) is 0 Å². The maximum atomic E-state index is 12.0. The summed E-state index contributed by atoms with van der Waals surface area (Å²) in [5.74, 6) is -0.447. The molecule has 1 aromatic rings. The minimum Gasteiger partial charge on any atom is -0.307 e. The molecule has 0 heterocycles. The van der Waals surface area contributed by atoms with Crippen molar-refractivity contribution in [1.29, 1.82) is 0 Å². The fourth-order valence-corrected chi connectivity index (χ4v) is 2.85. The van der Waals surface area contributed by atoms with Gasteiger partial charge in [0.1, 0.15) is 0 Å². The lowest BCUT2D eigenvalue weighted by molar-refractivity contribution is -0.116. The lowest BCUT2D eigenvalue weighted by Gasteiger charge is -2.16. The summed E-state index contributed by atoms with van der Waals surface area (Å²) in [4.78, 5) is 12.0. The largest absolute Gasteiger partial charge is 0.396 e. The van der Waals surface area contributed by atoms with Crippen LogP contribution in [0, 0.1) is 5.92 Å². The number of rotatable bonds is 6. The molecule has 0 fully saturated rings. The Morgan fingerprint density at radius 3 is 2.22 bits per heavy atom. The summed E-state index contributed by atoms with van der Waals surface area (Å²) < 4.78 is 21.3. The molecule has 0 bridgehead atoms. The number of carbonyl (C=O) groups is 1. The van der Waals surface area contributed by atoms with Gasteiger partial charge in [0.15, 0.2) is 0 Å². The molecule has 0 spiro atoms. The molecule has 0 aliphatic carbocycles. The van der Waals surface area contributed by atoms with E-state index in [9.17, 15) is 9.36 Å². The zero-order valence-electron chi connectivity index (χ0n) is 10.6. The van der Waals surface area contributed by atoms with Gasteiger partial charge < -0.3 is 9.05 Å². The van der Waals surface area contributed by atoms with Crippen LogP contribution >= 0.6 is 19.2 Å². The zero-order chi connectivity index (χ0) is 13.8. The number of carbonyl (C=O) groups excluding carboxylic acids is 1. The van der Waals surface area contributed by atoms with Crippen molar-refractivity contribution >= 4 is 24.7 Å². The zero-order valence-corrected chi connectivity index (χ0v) is 12.2. The van der Waals surface area contributed by atoms with E-state index in [0.717, 1.165) is 5.56 Å². The van der Waals surface area contributed by atoms with Crippen LogP contribution in [0.2, 0.25) is 5.02 Å². The van der Waals surface area contributed by atoms with Crippen LogP contribution in [0.3, 0.4) is 0 Å². The molecule has 6 heteroatoms. The van der Waals surface area contributed by atoms with Gasteiger partial charge in [-0.15, -0.1) is 0 Å². The molecule has 0 N–H and O–H groups in total. The van der Waals surface area contributed by atoms with Crippen LogP contribution in [0.15, 0.2) is 24.3 Å². The summed E-state index contributed by atoms with van der Waals surface area (Å²) in [6.07, 6.45) is 0.465. The van der Waals surface area contributed by atoms with Crippen molar-refractivity contribution < 1.29 is 18.4 Å². The van der Waals surface area contributed by atoms with Gasteiger partial charge in [-0.2, -0.15) is 0 Å². The van der Waals surface area contributed by atoms with E-state index in [2.05, 4.69) is 9.05 Å². The van der Waals surface area contributed by atoms with E-state index in [1.807, 2.05) is 12.1 Å². The Kier molecular flexibility index (Phi) is 5.54. The average Bonchev–Trinajstić information content (AvgIpc) is 2.39. The molecule has 0 aliphatic heterocycles. The van der Waals surface area contributed by atoms with Crippen LogP contribution < -0.4 is 0 Å². The van der Waals surface area contributed by atoms with Crippen molar-refractivity contribution in [2.75, 3.05) is 14.2 Å². The normalized spacial score (nSPS) is 13.3. The first-order valence-electron chi connectivity index (χ1n) is 5.43. The number of benzene rings is 1. The van der Waals surface area contributed by atoms with E-state index >= 15 is 0 Å². The fraction of sp³-hybridized carbons (Fsp3) is 0.417. The van der Waals surface area contributed by atoms with Gasteiger partial charge in [-0.3, -0.25) is 9.36 Å². The Morgan fingerprint density at radius 1 is 1.28 bits per heavy atom. The van der Waals surface area contributed by atoms with Crippen molar-refractivity contribution in [3.63, 3.8) is 0 Å². The first kappa shape index (κ1) is 15.4. The monoisotopic (exact) mass is 290 g/mol. The van der Waals surface area contributed by atoms with Gasteiger partial charge in [-0.05, 0) is 24.1 Å². The van der Waals surface area contributed by atoms with Gasteiger partial charge >= 0.3 is 7.60 Å². The molecule has 18 heavy (non-hydrogen) atoms. The van der Waals surface area contributed by atoms with Gasteiger partial charge in [0.05, 0.1) is 0 Å². The summed E-state index contributed by atoms with van der Waals surface area (Å²) in [5, 5.41) is 0.636. The first-order valence-corrected chi connectivity index (χ1v) is 7.35. The quantitative estimate of drug-likeness (QED) is 0.752. The molecule has 1 atom stereocenters. The van der Waals surface area contributed by atoms with E-state index in [-0.39, 0.29) is 0 Å². The van der Waals surface area contributed by atoms with Gasteiger partial charge in [0.25, 0.3) is 0 Å². The van der Waals surface area contributed by atoms with Crippen molar-refractivity contribution in [2.45, 2.75) is 13.3 Å². The third kappa shape index (κ3) is 3.66. The van der Waals surface area contributed by atoms with E-state index in [1.165, 1.54) is 14.2 Å². The van der Waals surface area contributed by atoms with Crippen LogP contribution in [-0.2, 0) is 24.8 Å². The highest BCUT2D eigenvalue weighted by Gasteiger charge is 2.35. The van der Waals surface area contributed by atoms with E-state index in [4.69, 9.17) is 11.6 Å². The minimum absolute atomic E-state index is 0.447. The van der Waals surface area contributed by atoms with E-state index < -0.39 is 19.0 Å². The summed E-state index contributed by atoms with van der Waals surface area (Å²) in [6.45, 7) is 1.70. The van der Waals surface area contributed by atoms with Crippen LogP contribution in [-0.4, -0.2) is 19.7 Å². The summed E-state index contributed by atoms with van der Waals surface area (Å²) in [5.41, 5.74) is 0.432. The smallest absolute Gasteiger partial charge is 0.307 e. The number of halogens is 1. The van der Waals surface area contributed by atoms with Crippen LogP contribution in [0.1, 0.15) is 12.5 Å². The predicted octanol–water partition coefficient (Wildman–Crippen LogP) is 3.53. The van der Waals surface area contributed by atoms with E-state index in [0.29, 0.717) is 11.4 Å². The molecule has 1 rings (SSSR count). The van der Waals surface area contributed by atoms with Gasteiger partial charge in [0.2, 0.25) is 5.52 Å². The highest BCUT2D eigenvalue weighted by atomic mass is 35.5. The van der Waals surface area contributed by atoms with Crippen LogP contribution in [0.25, 0.3) is 0 Å². The Labute approximate surface area is 112 Å².